The van der Waals surface area contributed by atoms with Crippen LogP contribution in [0.15, 0.2) is 24.3 Å². The molecule has 0 aromatic heterocycles. The van der Waals surface area contributed by atoms with Gasteiger partial charge < -0.3 is 20.6 Å². The molecule has 21 heavy (non-hydrogen) atoms. The molecule has 3 N–H and O–H groups in total. The smallest absolute Gasteiger partial charge is 0.319 e. The number of carbonyl (C=O) groups excluding carboxylic acids is 1. The van der Waals surface area contributed by atoms with E-state index in [0.29, 0.717) is 17.8 Å². The Hall–Kier alpha value is -2.08. The monoisotopic (exact) mass is 293 g/mol. The van der Waals surface area contributed by atoms with Gasteiger partial charge >= 0.3 is 12.0 Å². The predicted octanol–water partition coefficient (Wildman–Crippen LogP) is 1.73. The number of amides is 2. The lowest BCUT2D eigenvalue weighted by Gasteiger charge is -2.20. The second-order valence-electron chi connectivity index (χ2n) is 5.69. The Morgan fingerprint density at radius 2 is 1.76 bits per heavy atom. The summed E-state index contributed by atoms with van der Waals surface area (Å²) in [6.45, 7) is 4.61. The largest absolute Gasteiger partial charge is 0.481 e. The Labute approximate surface area is 125 Å². The molecular weight excluding hydrogens is 270 g/mol. The highest BCUT2D eigenvalue weighted by molar-refractivity contribution is 5.89. The van der Waals surface area contributed by atoms with Crippen LogP contribution in [0.2, 0.25) is 0 Å². The molecular formula is C15H23N3O3. The maximum atomic E-state index is 11.6. The van der Waals surface area contributed by atoms with E-state index in [4.69, 9.17) is 5.11 Å². The lowest BCUT2D eigenvalue weighted by Crippen LogP contribution is -2.34. The minimum atomic E-state index is -0.952. The molecule has 116 valence electrons. The second-order valence-corrected chi connectivity index (χ2v) is 5.69. The average molecular weight is 293 g/mol. The normalized spacial score (nSPS) is 11.3. The molecule has 1 rings (SSSR count). The molecule has 0 unspecified atom stereocenters. The fourth-order valence-electron chi connectivity index (χ4n) is 1.66. The van der Waals surface area contributed by atoms with Gasteiger partial charge in [-0.25, -0.2) is 4.79 Å². The molecule has 0 heterocycles. The summed E-state index contributed by atoms with van der Waals surface area (Å²) in [6, 6.07) is 6.55. The number of aliphatic carboxylic acids is 1. The number of hydrogen-bond donors (Lipinski definition) is 3. The number of nitrogens with zero attached hydrogens (tertiary/aromatic N) is 1. The topological polar surface area (TPSA) is 81.7 Å². The van der Waals surface area contributed by atoms with Crippen LogP contribution in [-0.2, 0) is 10.2 Å². The molecule has 0 fully saturated rings. The number of hydrogen-bond acceptors (Lipinski definition) is 3. The first-order valence-corrected chi connectivity index (χ1v) is 6.77. The van der Waals surface area contributed by atoms with Crippen LogP contribution in [0.25, 0.3) is 0 Å². The van der Waals surface area contributed by atoms with Gasteiger partial charge in [0.1, 0.15) is 0 Å². The Balaban J connectivity index is 2.59. The Morgan fingerprint density at radius 3 is 2.24 bits per heavy atom. The number of carboxylic acid groups (broad SMARTS) is 1. The van der Waals surface area contributed by atoms with E-state index in [9.17, 15) is 9.59 Å². The summed E-state index contributed by atoms with van der Waals surface area (Å²) in [4.78, 5) is 24.8. The first-order valence-electron chi connectivity index (χ1n) is 6.77. The minimum absolute atomic E-state index is 0.276. The van der Waals surface area contributed by atoms with Crippen LogP contribution in [0.5, 0.6) is 0 Å². The number of carbonyl (C=O) groups is 2. The fraction of sp³-hybridized carbons (Fsp3) is 0.467. The highest BCUT2D eigenvalue weighted by atomic mass is 16.4. The van der Waals surface area contributed by atoms with Gasteiger partial charge in [-0.05, 0) is 45.6 Å². The highest BCUT2D eigenvalue weighted by Gasteiger charge is 2.29. The number of benzene rings is 1. The number of carboxylic acids is 1. The quantitative estimate of drug-likeness (QED) is 0.746. The van der Waals surface area contributed by atoms with E-state index >= 15 is 0 Å². The molecule has 0 atom stereocenters. The van der Waals surface area contributed by atoms with E-state index in [-0.39, 0.29) is 6.03 Å². The molecule has 0 bridgehead atoms. The summed E-state index contributed by atoms with van der Waals surface area (Å²) in [5.74, 6) is -0.885. The van der Waals surface area contributed by atoms with Gasteiger partial charge in [0.25, 0.3) is 0 Å². The number of anilines is 1. The SMILES string of the molecule is CN(C)CCNC(=O)Nc1ccc(C(C)(C)C(=O)O)cc1. The Morgan fingerprint density at radius 1 is 1.19 bits per heavy atom. The summed E-state index contributed by atoms with van der Waals surface area (Å²) in [6.07, 6.45) is 0. The molecule has 0 radical (unpaired) electrons. The lowest BCUT2D eigenvalue weighted by molar-refractivity contribution is -0.142. The van der Waals surface area contributed by atoms with E-state index in [1.165, 1.54) is 0 Å². The summed E-state index contributed by atoms with van der Waals surface area (Å²) < 4.78 is 0. The van der Waals surface area contributed by atoms with Crippen LogP contribution >= 0.6 is 0 Å². The molecule has 0 aliphatic heterocycles. The number of rotatable bonds is 6. The van der Waals surface area contributed by atoms with E-state index in [2.05, 4.69) is 10.6 Å². The van der Waals surface area contributed by atoms with Crippen molar-refractivity contribution in [1.29, 1.82) is 0 Å². The molecule has 0 aliphatic carbocycles. The zero-order valence-corrected chi connectivity index (χ0v) is 12.9. The van der Waals surface area contributed by atoms with Crippen LogP contribution in [0.1, 0.15) is 19.4 Å². The summed E-state index contributed by atoms with van der Waals surface area (Å²) >= 11 is 0. The molecule has 6 heteroatoms. The van der Waals surface area contributed by atoms with Gasteiger partial charge in [0, 0.05) is 18.8 Å². The Kier molecular flexibility index (Phi) is 5.72. The van der Waals surface area contributed by atoms with Crippen molar-refractivity contribution in [2.24, 2.45) is 0 Å². The predicted molar refractivity (Wildman–Crippen MR) is 82.7 cm³/mol. The van der Waals surface area contributed by atoms with Gasteiger partial charge in [0.2, 0.25) is 0 Å². The average Bonchev–Trinajstić information content (AvgIpc) is 2.38. The van der Waals surface area contributed by atoms with Crippen molar-refractivity contribution in [3.8, 4) is 0 Å². The third-order valence-corrected chi connectivity index (χ3v) is 3.24. The third-order valence-electron chi connectivity index (χ3n) is 3.24. The van der Waals surface area contributed by atoms with Crippen molar-refractivity contribution in [2.75, 3.05) is 32.5 Å². The van der Waals surface area contributed by atoms with Gasteiger partial charge in [-0.3, -0.25) is 4.79 Å². The van der Waals surface area contributed by atoms with E-state index in [1.54, 1.807) is 38.1 Å². The second kappa shape index (κ2) is 7.08. The van der Waals surface area contributed by atoms with Crippen LogP contribution in [0.4, 0.5) is 10.5 Å². The van der Waals surface area contributed by atoms with Crippen molar-refractivity contribution in [2.45, 2.75) is 19.3 Å². The number of nitrogens with one attached hydrogen (secondary N) is 2. The van der Waals surface area contributed by atoms with Gasteiger partial charge in [0.05, 0.1) is 5.41 Å². The number of likely N-dealkylation sites (N-methyl/N-ethyl adjacent to an activating group) is 1. The lowest BCUT2D eigenvalue weighted by atomic mass is 9.85. The van der Waals surface area contributed by atoms with Crippen molar-refractivity contribution in [1.82, 2.24) is 10.2 Å². The van der Waals surface area contributed by atoms with Crippen molar-refractivity contribution < 1.29 is 14.7 Å². The van der Waals surface area contributed by atoms with Crippen molar-refractivity contribution >= 4 is 17.7 Å². The molecule has 1 aromatic rings. The molecule has 1 aromatic carbocycles. The van der Waals surface area contributed by atoms with Crippen molar-refractivity contribution in [3.63, 3.8) is 0 Å². The summed E-state index contributed by atoms with van der Waals surface area (Å²) in [7, 11) is 3.87. The summed E-state index contributed by atoms with van der Waals surface area (Å²) in [5, 5.41) is 14.6. The first kappa shape index (κ1) is 17.0. The maximum Gasteiger partial charge on any atom is 0.319 e. The third kappa shape index (κ3) is 5.07. The van der Waals surface area contributed by atoms with E-state index in [1.807, 2.05) is 19.0 Å². The van der Waals surface area contributed by atoms with E-state index in [0.717, 1.165) is 6.54 Å². The van der Waals surface area contributed by atoms with Gasteiger partial charge in [0.15, 0.2) is 0 Å². The molecule has 0 saturated heterocycles. The van der Waals surface area contributed by atoms with Gasteiger partial charge in [-0.2, -0.15) is 0 Å². The maximum absolute atomic E-state index is 11.6. The molecule has 0 saturated carbocycles. The zero-order valence-electron chi connectivity index (χ0n) is 12.9. The zero-order chi connectivity index (χ0) is 16.0. The Bertz CT molecular complexity index is 495. The fourth-order valence-corrected chi connectivity index (χ4v) is 1.66. The van der Waals surface area contributed by atoms with Crippen LogP contribution in [0.3, 0.4) is 0 Å². The molecule has 0 spiro atoms. The minimum Gasteiger partial charge on any atom is -0.481 e. The van der Waals surface area contributed by atoms with Gasteiger partial charge in [-0.15, -0.1) is 0 Å². The highest BCUT2D eigenvalue weighted by Crippen LogP contribution is 2.24. The van der Waals surface area contributed by atoms with Crippen LogP contribution in [-0.4, -0.2) is 49.2 Å². The summed E-state index contributed by atoms with van der Waals surface area (Å²) in [5.41, 5.74) is 0.364. The van der Waals surface area contributed by atoms with Crippen molar-refractivity contribution in [3.05, 3.63) is 29.8 Å². The van der Waals surface area contributed by atoms with Crippen LogP contribution < -0.4 is 10.6 Å². The molecule has 0 aliphatic rings. The van der Waals surface area contributed by atoms with Gasteiger partial charge in [-0.1, -0.05) is 12.1 Å². The van der Waals surface area contributed by atoms with E-state index < -0.39 is 11.4 Å². The first-order chi connectivity index (χ1) is 9.73. The molecule has 2 amide bonds. The van der Waals surface area contributed by atoms with Crippen LogP contribution in [0, 0.1) is 0 Å². The number of urea groups is 1. The molecule has 6 nitrogen and oxygen atoms in total. The standard InChI is InChI=1S/C15H23N3O3/c1-15(2,13(19)20)11-5-7-12(8-6-11)17-14(21)16-9-10-18(3)4/h5-8H,9-10H2,1-4H3,(H,19,20)(H2,16,17,21).